The number of ketones is 2. The van der Waals surface area contributed by atoms with Gasteiger partial charge in [0.05, 0.1) is 28.6 Å². The van der Waals surface area contributed by atoms with Crippen LogP contribution in [0.4, 0.5) is 0 Å². The van der Waals surface area contributed by atoms with Crippen molar-refractivity contribution < 1.29 is 39.9 Å². The Morgan fingerprint density at radius 1 is 1.15 bits per heavy atom. The van der Waals surface area contributed by atoms with Gasteiger partial charge >= 0.3 is 0 Å². The van der Waals surface area contributed by atoms with E-state index in [0.29, 0.717) is 0 Å². The number of hydrogen-bond acceptors (Lipinski definition) is 9. The maximum atomic E-state index is 13.8. The molecule has 0 bridgehead atoms. The van der Waals surface area contributed by atoms with Gasteiger partial charge in [0.1, 0.15) is 22.8 Å². The third-order valence-corrected chi connectivity index (χ3v) is 7.73. The Balaban J connectivity index is 2.10. The predicted octanol–water partition coefficient (Wildman–Crippen LogP) is 0.803. The molecule has 0 spiro atoms. The van der Waals surface area contributed by atoms with Gasteiger partial charge in [-0.05, 0) is 31.6 Å². The van der Waals surface area contributed by atoms with Crippen molar-refractivity contribution in [3.05, 3.63) is 44.1 Å². The van der Waals surface area contributed by atoms with Crippen LogP contribution >= 0.6 is 23.2 Å². The Hall–Kier alpha value is -2.63. The largest absolute Gasteiger partial charge is 0.508 e. The number of primary amides is 1. The molecule has 0 aliphatic heterocycles. The second-order valence-electron chi connectivity index (χ2n) is 9.03. The van der Waals surface area contributed by atoms with Crippen molar-refractivity contribution in [3.63, 3.8) is 0 Å². The first-order chi connectivity index (χ1) is 15.7. The number of fused-ring (bicyclic) bond motifs is 3. The average molecular weight is 513 g/mol. The number of likely N-dealkylation sites (N-methyl/N-ethyl adjacent to an activating group) is 1. The lowest BCUT2D eigenvalue weighted by molar-refractivity contribution is -0.169. The van der Waals surface area contributed by atoms with Gasteiger partial charge in [-0.3, -0.25) is 19.3 Å². The fourth-order valence-corrected chi connectivity index (χ4v) is 6.31. The third-order valence-electron chi connectivity index (χ3n) is 7.13. The van der Waals surface area contributed by atoms with E-state index in [0.717, 1.165) is 0 Å². The highest BCUT2D eigenvalue weighted by atomic mass is 35.5. The number of halogens is 2. The Kier molecular flexibility index (Phi) is 5.54. The molecule has 1 fully saturated rings. The van der Waals surface area contributed by atoms with E-state index in [1.807, 2.05) is 0 Å². The molecular weight excluding hydrogens is 491 g/mol. The number of aliphatic hydroxyl groups excluding tert-OH is 3. The number of nitrogens with two attached hydrogens (primary N) is 1. The highest BCUT2D eigenvalue weighted by molar-refractivity contribution is 6.36. The number of hydrogen-bond donors (Lipinski definition) is 6. The van der Waals surface area contributed by atoms with Gasteiger partial charge in [-0.25, -0.2) is 0 Å². The number of aliphatic hydroxyl groups is 4. The number of carbonyl (C=O) groups excluding carboxylic acids is 3. The molecule has 3 aliphatic rings. The van der Waals surface area contributed by atoms with E-state index >= 15 is 0 Å². The minimum Gasteiger partial charge on any atom is -0.508 e. The molecule has 6 atom stereocenters. The number of Topliss-reactive ketones (excluding diaryl/α,β-unsaturated/α-hetero) is 2. The average Bonchev–Trinajstić information content (AvgIpc) is 2.73. The van der Waals surface area contributed by atoms with E-state index in [2.05, 4.69) is 0 Å². The van der Waals surface area contributed by atoms with Gasteiger partial charge in [-0.2, -0.15) is 0 Å². The number of carbonyl (C=O) groups is 3. The molecule has 3 aliphatic carbocycles. The number of amides is 1. The lowest BCUT2D eigenvalue weighted by Crippen LogP contribution is -2.70. The summed E-state index contributed by atoms with van der Waals surface area (Å²) in [6, 6.07) is -0.173. The summed E-state index contributed by atoms with van der Waals surface area (Å²) in [5, 5.41) is 55.3. The van der Waals surface area contributed by atoms with E-state index in [-0.39, 0.29) is 21.2 Å². The minimum absolute atomic E-state index is 0.0547. The highest BCUT2D eigenvalue weighted by Crippen LogP contribution is 2.57. The number of nitrogens with zero attached hydrogens (tertiary/aromatic N) is 1. The van der Waals surface area contributed by atoms with Crippen LogP contribution in [0.3, 0.4) is 0 Å². The lowest BCUT2D eigenvalue weighted by atomic mass is 9.54. The summed E-state index contributed by atoms with van der Waals surface area (Å²) in [6.07, 6.45) is -1.69. The van der Waals surface area contributed by atoms with Crippen molar-refractivity contribution in [2.75, 3.05) is 14.1 Å². The van der Waals surface area contributed by atoms with Gasteiger partial charge in [0.25, 0.3) is 5.91 Å². The maximum Gasteiger partial charge on any atom is 0.255 e. The van der Waals surface area contributed by atoms with Crippen LogP contribution in [-0.4, -0.2) is 79.7 Å². The van der Waals surface area contributed by atoms with Crippen LogP contribution in [-0.2, 0) is 14.4 Å². The number of phenols is 1. The molecule has 1 aromatic rings. The van der Waals surface area contributed by atoms with Crippen LogP contribution in [0.15, 0.2) is 23.0 Å². The second-order valence-corrected chi connectivity index (χ2v) is 9.84. The molecular formula is C22H22Cl2N2O8. The van der Waals surface area contributed by atoms with Crippen molar-refractivity contribution in [1.82, 2.24) is 4.90 Å². The summed E-state index contributed by atoms with van der Waals surface area (Å²) in [7, 11) is 2.86. The normalized spacial score (nSPS) is 33.1. The van der Waals surface area contributed by atoms with E-state index in [4.69, 9.17) is 28.9 Å². The first-order valence-electron chi connectivity index (χ1n) is 10.2. The quantitative estimate of drug-likeness (QED) is 0.312. The summed E-state index contributed by atoms with van der Waals surface area (Å²) >= 11 is 12.3. The molecule has 1 aromatic carbocycles. The van der Waals surface area contributed by atoms with Crippen LogP contribution in [0.2, 0.25) is 10.0 Å². The Morgan fingerprint density at radius 2 is 1.74 bits per heavy atom. The summed E-state index contributed by atoms with van der Waals surface area (Å²) in [4.78, 5) is 40.1. The van der Waals surface area contributed by atoms with Crippen molar-refractivity contribution in [3.8, 4) is 5.75 Å². The van der Waals surface area contributed by atoms with Crippen molar-refractivity contribution in [2.24, 2.45) is 17.6 Å². The third kappa shape index (κ3) is 2.83. The number of aromatic hydroxyl groups is 1. The highest BCUT2D eigenvalue weighted by Gasteiger charge is 2.68. The van der Waals surface area contributed by atoms with Gasteiger partial charge in [0.2, 0.25) is 5.78 Å². The fourth-order valence-electron chi connectivity index (χ4n) is 5.68. The second kappa shape index (κ2) is 7.69. The summed E-state index contributed by atoms with van der Waals surface area (Å²) in [5.74, 6) is -9.91. The van der Waals surface area contributed by atoms with Crippen molar-refractivity contribution in [1.29, 1.82) is 0 Å². The molecule has 0 heterocycles. The minimum atomic E-state index is -2.97. The molecule has 7 N–H and O–H groups in total. The summed E-state index contributed by atoms with van der Waals surface area (Å²) in [5.41, 5.74) is 0.750. The van der Waals surface area contributed by atoms with E-state index in [1.165, 1.54) is 25.1 Å². The van der Waals surface area contributed by atoms with Crippen LogP contribution < -0.4 is 5.73 Å². The van der Waals surface area contributed by atoms with E-state index < -0.39 is 81.4 Å². The lowest BCUT2D eigenvalue weighted by Gasteiger charge is -2.53. The standard InChI is InChI=1S/C22H22Cl2N2O8/c1-5-8-6(23)4-7(24)15(27)10(8)16(28)11-9(5)17(29)13-14(26(2)3)18(30)12(21(25)33)20(32)22(13,34)19(11)31/h4-5,9,13-14,17,27-29,32,34H,1-3H3,(H2,25,33)/t5-,9+,13+,14-,17-,22-/m0/s1. The van der Waals surface area contributed by atoms with Gasteiger partial charge in [0.15, 0.2) is 11.4 Å². The van der Waals surface area contributed by atoms with Crippen molar-refractivity contribution >= 4 is 46.4 Å². The number of rotatable bonds is 2. The Morgan fingerprint density at radius 3 is 2.26 bits per heavy atom. The monoisotopic (exact) mass is 512 g/mol. The van der Waals surface area contributed by atoms with Crippen LogP contribution in [0.5, 0.6) is 5.75 Å². The zero-order valence-electron chi connectivity index (χ0n) is 18.2. The Labute approximate surface area is 203 Å². The number of phenolic OH excluding ortho intramolecular Hbond substituents is 1. The zero-order chi connectivity index (χ0) is 25.6. The molecule has 10 nitrogen and oxygen atoms in total. The van der Waals surface area contributed by atoms with E-state index in [1.54, 1.807) is 6.92 Å². The zero-order valence-corrected chi connectivity index (χ0v) is 19.7. The van der Waals surface area contributed by atoms with Crippen molar-refractivity contribution in [2.45, 2.75) is 30.6 Å². The molecule has 1 amide bonds. The van der Waals surface area contributed by atoms with Crippen LogP contribution in [0.25, 0.3) is 5.76 Å². The Bertz CT molecular complexity index is 1240. The molecule has 0 saturated heterocycles. The van der Waals surface area contributed by atoms with E-state index in [9.17, 15) is 39.9 Å². The maximum absolute atomic E-state index is 13.8. The van der Waals surface area contributed by atoms with Gasteiger partial charge in [0, 0.05) is 16.5 Å². The predicted molar refractivity (Wildman–Crippen MR) is 120 cm³/mol. The van der Waals surface area contributed by atoms with Gasteiger partial charge in [-0.1, -0.05) is 30.1 Å². The molecule has 4 rings (SSSR count). The first-order valence-corrected chi connectivity index (χ1v) is 11.0. The molecule has 1 saturated carbocycles. The molecule has 0 unspecified atom stereocenters. The molecule has 0 radical (unpaired) electrons. The number of benzene rings is 1. The molecule has 182 valence electrons. The summed E-state index contributed by atoms with van der Waals surface area (Å²) in [6.45, 7) is 1.58. The SMILES string of the molecule is C[C@H]1c2c(Cl)cc(Cl)c(O)c2C(O)=C2C(=O)[C@]3(O)C(O)=C(C(N)=O)C(=O)[C@@H](N(C)C)[C@@H]3[C@@H](O)[C@@H]21. The molecule has 0 aromatic heterocycles. The molecule has 12 heteroatoms. The topological polar surface area (TPSA) is 182 Å². The van der Waals surface area contributed by atoms with Crippen LogP contribution in [0, 0.1) is 11.8 Å². The summed E-state index contributed by atoms with van der Waals surface area (Å²) < 4.78 is 0. The van der Waals surface area contributed by atoms with Crippen LogP contribution in [0.1, 0.15) is 24.0 Å². The van der Waals surface area contributed by atoms with Gasteiger partial charge in [-0.15, -0.1) is 0 Å². The fraction of sp³-hybridized carbons (Fsp3) is 0.409. The smallest absolute Gasteiger partial charge is 0.255 e. The van der Waals surface area contributed by atoms with Gasteiger partial charge < -0.3 is 31.3 Å². The first kappa shape index (κ1) is 24.5. The molecule has 34 heavy (non-hydrogen) atoms.